The molecule has 25 heavy (non-hydrogen) atoms. The Labute approximate surface area is 178 Å². The summed E-state index contributed by atoms with van der Waals surface area (Å²) < 4.78 is 0. The van der Waals surface area contributed by atoms with Crippen molar-refractivity contribution in [3.8, 4) is 11.5 Å². The van der Waals surface area contributed by atoms with Crippen LogP contribution < -0.4 is 35.4 Å². The fourth-order valence-corrected chi connectivity index (χ4v) is 1.50. The van der Waals surface area contributed by atoms with E-state index in [0.717, 1.165) is 0 Å². The topological polar surface area (TPSA) is 98.7 Å². The maximum Gasteiger partial charge on any atom is 2.00 e. The van der Waals surface area contributed by atoms with E-state index >= 15 is 0 Å². The summed E-state index contributed by atoms with van der Waals surface area (Å²) in [5, 5.41) is 22.9. The van der Waals surface area contributed by atoms with Crippen LogP contribution >= 0.6 is 0 Å². The molecule has 0 heterocycles. The van der Waals surface area contributed by atoms with Crippen molar-refractivity contribution in [3.05, 3.63) is 48.5 Å². The number of hydrogen-bond donors (Lipinski definition) is 4. The van der Waals surface area contributed by atoms with Gasteiger partial charge in [-0.2, -0.15) is 0 Å². The molecule has 0 atom stereocenters. The maximum atomic E-state index is 10.5. The second kappa shape index (κ2) is 14.8. The van der Waals surface area contributed by atoms with Crippen molar-refractivity contribution in [1.29, 1.82) is 0 Å². The smallest absolute Gasteiger partial charge is 1.00 e. The second-order valence-electron chi connectivity index (χ2n) is 4.46. The van der Waals surface area contributed by atoms with Crippen LogP contribution in [0.4, 0.5) is 11.4 Å². The van der Waals surface area contributed by atoms with E-state index < -0.39 is 0 Å². The van der Waals surface area contributed by atoms with Crippen molar-refractivity contribution in [1.82, 2.24) is 0 Å². The third-order valence-corrected chi connectivity index (χ3v) is 2.38. The Balaban J connectivity index is -0.000000346. The quantitative estimate of drug-likeness (QED) is 0.350. The van der Waals surface area contributed by atoms with E-state index in [1.165, 1.54) is 38.1 Å². The van der Waals surface area contributed by atoms with Gasteiger partial charge in [-0.25, -0.2) is 0 Å². The Morgan fingerprint density at radius 2 is 0.920 bits per heavy atom. The molecule has 0 bridgehead atoms. The first kappa shape index (κ1) is 28.3. The summed E-state index contributed by atoms with van der Waals surface area (Å²) in [6.45, 7) is 2.87. The SMILES string of the molecule is CC(=O)Nc1ccc(O)cc1.CC(=O)Nc1ccc(O)cc1.[Cl-].[Cl-].[Zr+2]. The molecule has 2 amide bonds. The standard InChI is InChI=1S/2C8H9NO2.2ClH.Zr/c2*1-6(10)9-7-2-4-8(11)5-3-7;;;/h2*2-5,11H,1H3,(H,9,10);2*1H;/q;;;;+2/p-2. The van der Waals surface area contributed by atoms with Gasteiger partial charge in [0.25, 0.3) is 0 Å². The minimum atomic E-state index is -0.115. The minimum absolute atomic E-state index is 0. The Morgan fingerprint density at radius 1 is 0.680 bits per heavy atom. The van der Waals surface area contributed by atoms with Crippen LogP contribution in [0, 0.1) is 0 Å². The van der Waals surface area contributed by atoms with Crippen LogP contribution in [-0.4, -0.2) is 22.0 Å². The first-order chi connectivity index (χ1) is 10.4. The summed E-state index contributed by atoms with van der Waals surface area (Å²) in [6.07, 6.45) is 0. The zero-order valence-corrected chi connectivity index (χ0v) is 17.6. The van der Waals surface area contributed by atoms with E-state index in [1.807, 2.05) is 0 Å². The van der Waals surface area contributed by atoms with E-state index in [-0.39, 0.29) is 74.3 Å². The first-order valence-electron chi connectivity index (χ1n) is 6.50. The van der Waals surface area contributed by atoms with Gasteiger partial charge in [0.15, 0.2) is 0 Å². The first-order valence-corrected chi connectivity index (χ1v) is 6.50. The molecule has 0 unspecified atom stereocenters. The molecule has 134 valence electrons. The van der Waals surface area contributed by atoms with E-state index in [2.05, 4.69) is 10.6 Å². The van der Waals surface area contributed by atoms with Crippen LogP contribution in [0.2, 0.25) is 0 Å². The number of phenols is 2. The molecule has 0 saturated heterocycles. The fraction of sp³-hybridized carbons (Fsp3) is 0.125. The molecule has 4 N–H and O–H groups in total. The van der Waals surface area contributed by atoms with Gasteiger partial charge in [-0.3, -0.25) is 9.59 Å². The van der Waals surface area contributed by atoms with Crippen LogP contribution in [0.3, 0.4) is 0 Å². The molecule has 0 aliphatic carbocycles. The molecule has 6 nitrogen and oxygen atoms in total. The van der Waals surface area contributed by atoms with Gasteiger partial charge >= 0.3 is 26.2 Å². The van der Waals surface area contributed by atoms with Gasteiger partial charge in [0, 0.05) is 25.2 Å². The van der Waals surface area contributed by atoms with Gasteiger partial charge in [0.1, 0.15) is 11.5 Å². The van der Waals surface area contributed by atoms with Crippen LogP contribution in [-0.2, 0) is 35.8 Å². The number of nitrogens with one attached hydrogen (secondary N) is 2. The number of carbonyl (C=O) groups is 2. The molecule has 0 radical (unpaired) electrons. The molecule has 9 heteroatoms. The van der Waals surface area contributed by atoms with Crippen molar-refractivity contribution >= 4 is 23.2 Å². The number of amides is 2. The number of phenolic OH excluding ortho intramolecular Hbond substituents is 2. The van der Waals surface area contributed by atoms with Crippen molar-refractivity contribution < 1.29 is 70.8 Å². The molecule has 2 rings (SSSR count). The number of halogens is 2. The number of carbonyl (C=O) groups excluding carboxylic acids is 2. The summed E-state index contributed by atoms with van der Waals surface area (Å²) in [5.41, 5.74) is 1.38. The van der Waals surface area contributed by atoms with Crippen LogP contribution in [0.25, 0.3) is 0 Å². The second-order valence-corrected chi connectivity index (χ2v) is 4.46. The predicted molar refractivity (Wildman–Crippen MR) is 84.8 cm³/mol. The molecular weight excluding hydrogens is 446 g/mol. The van der Waals surface area contributed by atoms with E-state index in [9.17, 15) is 9.59 Å². The molecule has 2 aromatic rings. The summed E-state index contributed by atoms with van der Waals surface area (Å²) in [4.78, 5) is 21.0. The molecule has 0 aliphatic heterocycles. The number of rotatable bonds is 2. The van der Waals surface area contributed by atoms with Crippen molar-refractivity contribution in [3.63, 3.8) is 0 Å². The molecule has 0 fully saturated rings. The van der Waals surface area contributed by atoms with E-state index in [0.29, 0.717) is 11.4 Å². The van der Waals surface area contributed by atoms with Crippen molar-refractivity contribution in [2.75, 3.05) is 10.6 Å². The largest absolute Gasteiger partial charge is 2.00 e. The Hall–Kier alpha value is -1.56. The minimum Gasteiger partial charge on any atom is -1.00 e. The van der Waals surface area contributed by atoms with Gasteiger partial charge < -0.3 is 45.7 Å². The number of benzene rings is 2. The number of aromatic hydroxyl groups is 2. The average molecular weight is 464 g/mol. The van der Waals surface area contributed by atoms with Crippen LogP contribution in [0.5, 0.6) is 11.5 Å². The van der Waals surface area contributed by atoms with Crippen molar-refractivity contribution in [2.45, 2.75) is 13.8 Å². The average Bonchev–Trinajstić information content (AvgIpc) is 2.44. The molecule has 0 aromatic heterocycles. The normalized spacial score (nSPS) is 8.08. The predicted octanol–water partition coefficient (Wildman–Crippen LogP) is -3.29. The van der Waals surface area contributed by atoms with E-state index in [1.54, 1.807) is 24.3 Å². The zero-order chi connectivity index (χ0) is 16.5. The Bertz CT molecular complexity index is 580. The third kappa shape index (κ3) is 13.4. The van der Waals surface area contributed by atoms with E-state index in [4.69, 9.17) is 10.2 Å². The van der Waals surface area contributed by atoms with Gasteiger partial charge in [0.05, 0.1) is 0 Å². The van der Waals surface area contributed by atoms with Crippen molar-refractivity contribution in [2.24, 2.45) is 0 Å². The maximum absolute atomic E-state index is 10.5. The molecule has 2 aromatic carbocycles. The summed E-state index contributed by atoms with van der Waals surface area (Å²) in [5.74, 6) is 0.157. The van der Waals surface area contributed by atoms with Gasteiger partial charge in [0.2, 0.25) is 11.8 Å². The summed E-state index contributed by atoms with van der Waals surface area (Å²) >= 11 is 0. The third-order valence-electron chi connectivity index (χ3n) is 2.38. The van der Waals surface area contributed by atoms with Gasteiger partial charge in [-0.15, -0.1) is 0 Å². The Morgan fingerprint density at radius 3 is 1.12 bits per heavy atom. The Kier molecular flexibility index (Phi) is 16.7. The zero-order valence-electron chi connectivity index (χ0n) is 13.6. The van der Waals surface area contributed by atoms with Gasteiger partial charge in [-0.05, 0) is 48.5 Å². The van der Waals surface area contributed by atoms with Crippen LogP contribution in [0.15, 0.2) is 48.5 Å². The monoisotopic (exact) mass is 462 g/mol. The number of hydrogen-bond acceptors (Lipinski definition) is 4. The number of anilines is 2. The van der Waals surface area contributed by atoms with Crippen LogP contribution in [0.1, 0.15) is 13.8 Å². The summed E-state index contributed by atoms with van der Waals surface area (Å²) in [7, 11) is 0. The molecule has 0 spiro atoms. The molecule has 0 saturated carbocycles. The summed E-state index contributed by atoms with van der Waals surface area (Å²) in [6, 6.07) is 12.6. The van der Waals surface area contributed by atoms with Gasteiger partial charge in [-0.1, -0.05) is 0 Å². The molecule has 0 aliphatic rings. The molecular formula is C16H18Cl2N2O4Zr. The fourth-order valence-electron chi connectivity index (χ4n) is 1.50.